The van der Waals surface area contributed by atoms with E-state index in [2.05, 4.69) is 25.8 Å². The van der Waals surface area contributed by atoms with Gasteiger partial charge in [0.05, 0.1) is 45.6 Å². The molecule has 5 rings (SSSR count). The number of hydrogen-bond donors (Lipinski definition) is 1. The average Bonchev–Trinajstić information content (AvgIpc) is 3.65. The number of amides is 1. The fourth-order valence-corrected chi connectivity index (χ4v) is 4.99. The molecular formula is C27H20Cl2F3N7O2S. The number of anilines is 1. The SMILES string of the molecule is O=C(CSc1nnnn1-c1ccc(C(F)(F)F)cc1Cl)Nc1ccc(-c2ccc(OCCn3ccnc3)cc2)cc1Cl. The van der Waals surface area contributed by atoms with Crippen LogP contribution in [0, 0.1) is 0 Å². The van der Waals surface area contributed by atoms with Gasteiger partial charge in [0.1, 0.15) is 12.4 Å². The van der Waals surface area contributed by atoms with Gasteiger partial charge in [-0.05, 0) is 64.0 Å². The molecule has 0 unspecified atom stereocenters. The number of benzene rings is 3. The smallest absolute Gasteiger partial charge is 0.416 e. The number of aromatic nitrogens is 6. The standard InChI is InChI=1S/C27H20Cl2F3N7O2S/c28-21-13-18(17-1-5-20(6-2-17)41-12-11-38-10-9-33-16-38)3-7-23(21)34-25(40)15-42-26-35-36-37-39(26)24-8-4-19(14-22(24)29)27(30,31)32/h1-10,13-14,16H,11-12,15H2,(H,34,40). The second-order valence-electron chi connectivity index (χ2n) is 8.74. The van der Waals surface area contributed by atoms with E-state index < -0.39 is 11.7 Å². The number of hydrogen-bond acceptors (Lipinski definition) is 7. The average molecular weight is 634 g/mol. The summed E-state index contributed by atoms with van der Waals surface area (Å²) in [6.45, 7) is 1.19. The third-order valence-corrected chi connectivity index (χ3v) is 7.42. The van der Waals surface area contributed by atoms with Crippen LogP contribution in [-0.2, 0) is 17.5 Å². The second-order valence-corrected chi connectivity index (χ2v) is 10.5. The van der Waals surface area contributed by atoms with Crippen molar-refractivity contribution in [1.29, 1.82) is 0 Å². The zero-order valence-electron chi connectivity index (χ0n) is 21.4. The molecule has 42 heavy (non-hydrogen) atoms. The second kappa shape index (κ2) is 12.8. The highest BCUT2D eigenvalue weighted by molar-refractivity contribution is 7.99. The number of nitrogens with one attached hydrogen (secondary N) is 1. The van der Waals surface area contributed by atoms with Crippen molar-refractivity contribution in [2.24, 2.45) is 0 Å². The Kier molecular flexibility index (Phi) is 9.00. The van der Waals surface area contributed by atoms with Gasteiger partial charge < -0.3 is 14.6 Å². The first-order chi connectivity index (χ1) is 20.2. The van der Waals surface area contributed by atoms with Gasteiger partial charge in [-0.25, -0.2) is 4.98 Å². The fourth-order valence-electron chi connectivity index (χ4n) is 3.82. The third kappa shape index (κ3) is 7.22. The first-order valence-electron chi connectivity index (χ1n) is 12.2. The van der Waals surface area contributed by atoms with Crippen molar-refractivity contribution < 1.29 is 22.7 Å². The van der Waals surface area contributed by atoms with E-state index in [-0.39, 0.29) is 27.5 Å². The Morgan fingerprint density at radius 2 is 1.79 bits per heavy atom. The van der Waals surface area contributed by atoms with Crippen molar-refractivity contribution in [3.05, 3.63) is 95.0 Å². The highest BCUT2D eigenvalue weighted by Crippen LogP contribution is 2.34. The lowest BCUT2D eigenvalue weighted by molar-refractivity contribution is -0.137. The number of nitrogens with zero attached hydrogens (tertiary/aromatic N) is 6. The maximum atomic E-state index is 13.0. The largest absolute Gasteiger partial charge is 0.492 e. The monoisotopic (exact) mass is 633 g/mol. The Balaban J connectivity index is 1.17. The van der Waals surface area contributed by atoms with Crippen LogP contribution >= 0.6 is 35.0 Å². The molecule has 1 N–H and O–H groups in total. The topological polar surface area (TPSA) is 99.8 Å². The Morgan fingerprint density at radius 1 is 1.00 bits per heavy atom. The highest BCUT2D eigenvalue weighted by Gasteiger charge is 2.31. The van der Waals surface area contributed by atoms with Crippen molar-refractivity contribution >= 4 is 46.6 Å². The van der Waals surface area contributed by atoms with Crippen molar-refractivity contribution in [1.82, 2.24) is 29.8 Å². The highest BCUT2D eigenvalue weighted by atomic mass is 35.5. The van der Waals surface area contributed by atoms with Gasteiger partial charge >= 0.3 is 6.18 Å². The molecule has 15 heteroatoms. The Labute approximate surface area is 251 Å². The minimum atomic E-state index is -4.54. The lowest BCUT2D eigenvalue weighted by atomic mass is 10.1. The van der Waals surface area contributed by atoms with Crippen LogP contribution < -0.4 is 10.1 Å². The fraction of sp³-hybridized carbons (Fsp3) is 0.148. The predicted octanol–water partition coefficient (Wildman–Crippen LogP) is 6.66. The van der Waals surface area contributed by atoms with Crippen LogP contribution in [0.3, 0.4) is 0 Å². The maximum Gasteiger partial charge on any atom is 0.416 e. The molecule has 0 bridgehead atoms. The molecule has 0 spiro atoms. The van der Waals surface area contributed by atoms with E-state index in [1.807, 2.05) is 41.1 Å². The van der Waals surface area contributed by atoms with Crippen molar-refractivity contribution in [2.75, 3.05) is 17.7 Å². The molecule has 0 radical (unpaired) electrons. The van der Waals surface area contributed by atoms with Gasteiger partial charge in [-0.1, -0.05) is 53.2 Å². The summed E-state index contributed by atoms with van der Waals surface area (Å²) in [4.78, 5) is 16.6. The molecule has 5 aromatic rings. The van der Waals surface area contributed by atoms with Gasteiger partial charge in [-0.2, -0.15) is 17.9 Å². The zero-order chi connectivity index (χ0) is 29.7. The third-order valence-electron chi connectivity index (χ3n) is 5.88. The van der Waals surface area contributed by atoms with E-state index in [0.717, 1.165) is 51.5 Å². The summed E-state index contributed by atoms with van der Waals surface area (Å²) >= 11 is 13.5. The van der Waals surface area contributed by atoms with E-state index in [1.165, 1.54) is 0 Å². The van der Waals surface area contributed by atoms with E-state index in [9.17, 15) is 18.0 Å². The predicted molar refractivity (Wildman–Crippen MR) is 153 cm³/mol. The van der Waals surface area contributed by atoms with Crippen LogP contribution in [0.25, 0.3) is 16.8 Å². The van der Waals surface area contributed by atoms with Crippen molar-refractivity contribution in [3.8, 4) is 22.6 Å². The Hall–Kier alpha value is -4.07. The van der Waals surface area contributed by atoms with Crippen molar-refractivity contribution in [3.63, 3.8) is 0 Å². The van der Waals surface area contributed by atoms with Gasteiger partial charge in [0.15, 0.2) is 0 Å². The normalized spacial score (nSPS) is 11.5. The number of tetrazole rings is 1. The van der Waals surface area contributed by atoms with Crippen molar-refractivity contribution in [2.45, 2.75) is 17.9 Å². The number of carbonyl (C=O) groups excluding carboxylic acids is 1. The molecule has 2 heterocycles. The molecule has 0 saturated carbocycles. The number of carbonyl (C=O) groups is 1. The number of alkyl halides is 3. The quantitative estimate of drug-likeness (QED) is 0.172. The van der Waals surface area contributed by atoms with E-state index in [1.54, 1.807) is 24.7 Å². The summed E-state index contributed by atoms with van der Waals surface area (Å²) in [7, 11) is 0. The molecule has 216 valence electrons. The number of ether oxygens (including phenoxy) is 1. The molecular weight excluding hydrogens is 614 g/mol. The van der Waals surface area contributed by atoms with Gasteiger partial charge in [0, 0.05) is 12.4 Å². The molecule has 0 atom stereocenters. The minimum Gasteiger partial charge on any atom is -0.492 e. The molecule has 0 saturated heterocycles. The summed E-state index contributed by atoms with van der Waals surface area (Å²) in [6.07, 6.45) is 0.774. The van der Waals surface area contributed by atoms with E-state index in [4.69, 9.17) is 27.9 Å². The van der Waals surface area contributed by atoms with Gasteiger partial charge in [-0.3, -0.25) is 4.79 Å². The van der Waals surface area contributed by atoms with Crippen LogP contribution in [0.1, 0.15) is 5.56 Å². The molecule has 9 nitrogen and oxygen atoms in total. The molecule has 3 aromatic carbocycles. The number of imidazole rings is 1. The lowest BCUT2D eigenvalue weighted by Gasteiger charge is -2.11. The van der Waals surface area contributed by atoms with Gasteiger partial charge in [0.25, 0.3) is 0 Å². The molecule has 0 aliphatic rings. The molecule has 0 aliphatic heterocycles. The van der Waals surface area contributed by atoms with Gasteiger partial charge in [-0.15, -0.1) is 5.10 Å². The van der Waals surface area contributed by atoms with Crippen LogP contribution in [0.5, 0.6) is 5.75 Å². The van der Waals surface area contributed by atoms with E-state index >= 15 is 0 Å². The van der Waals surface area contributed by atoms with E-state index in [0.29, 0.717) is 23.9 Å². The first kappa shape index (κ1) is 29.4. The Bertz CT molecular complexity index is 1680. The lowest BCUT2D eigenvalue weighted by Crippen LogP contribution is -2.15. The van der Waals surface area contributed by atoms with Crippen LogP contribution in [0.2, 0.25) is 10.0 Å². The molecule has 0 aliphatic carbocycles. The maximum absolute atomic E-state index is 13.0. The zero-order valence-corrected chi connectivity index (χ0v) is 23.8. The number of halogens is 5. The van der Waals surface area contributed by atoms with Crippen LogP contribution in [-0.4, -0.2) is 48.0 Å². The van der Waals surface area contributed by atoms with Crippen LogP contribution in [0.4, 0.5) is 18.9 Å². The summed E-state index contributed by atoms with van der Waals surface area (Å²) in [5, 5.41) is 14.2. The summed E-state index contributed by atoms with van der Waals surface area (Å²) < 4.78 is 47.8. The molecule has 0 fully saturated rings. The first-order valence-corrected chi connectivity index (χ1v) is 14.0. The van der Waals surface area contributed by atoms with Crippen LogP contribution in [0.15, 0.2) is 84.5 Å². The molecule has 2 aromatic heterocycles. The summed E-state index contributed by atoms with van der Waals surface area (Å²) in [5.74, 6) is 0.247. The number of rotatable bonds is 10. The minimum absolute atomic E-state index is 0.0982. The van der Waals surface area contributed by atoms with Gasteiger partial charge in [0.2, 0.25) is 11.1 Å². The Morgan fingerprint density at radius 3 is 2.48 bits per heavy atom. The summed E-state index contributed by atoms with van der Waals surface area (Å²) in [6, 6.07) is 15.7. The summed E-state index contributed by atoms with van der Waals surface area (Å²) in [5.41, 5.74) is 1.43. The molecule has 1 amide bonds. The number of thioether (sulfide) groups is 1.